The zero-order chi connectivity index (χ0) is 18.6. The summed E-state index contributed by atoms with van der Waals surface area (Å²) in [5, 5.41) is 3.33. The molecule has 1 aliphatic heterocycles. The van der Waals surface area contributed by atoms with Gasteiger partial charge in [-0.05, 0) is 37.1 Å². The molecule has 4 nitrogen and oxygen atoms in total. The number of piperidine rings is 1. The van der Waals surface area contributed by atoms with Crippen LogP contribution in [0.3, 0.4) is 0 Å². The molecule has 0 unspecified atom stereocenters. The second kappa shape index (κ2) is 7.86. The van der Waals surface area contributed by atoms with Gasteiger partial charge in [-0.2, -0.15) is 13.2 Å². The average molecular weight is 363 g/mol. The molecule has 0 radical (unpaired) electrons. The van der Waals surface area contributed by atoms with Crippen molar-refractivity contribution in [3.8, 4) is 0 Å². The Labute approximate surface area is 150 Å². The molecule has 138 valence electrons. The Balaban J connectivity index is 1.82. The minimum Gasteiger partial charge on any atom is -0.326 e. The van der Waals surface area contributed by atoms with Crippen molar-refractivity contribution in [3.05, 3.63) is 66.0 Å². The van der Waals surface area contributed by atoms with E-state index in [2.05, 4.69) is 10.3 Å². The highest BCUT2D eigenvalue weighted by atomic mass is 19.4. The van der Waals surface area contributed by atoms with E-state index in [-0.39, 0.29) is 12.6 Å². The molecule has 0 bridgehead atoms. The first-order valence-electron chi connectivity index (χ1n) is 8.51. The highest BCUT2D eigenvalue weighted by Crippen LogP contribution is 2.30. The number of pyridine rings is 1. The molecule has 1 amide bonds. The topological polar surface area (TPSA) is 45.2 Å². The predicted molar refractivity (Wildman–Crippen MR) is 91.0 cm³/mol. The minimum absolute atomic E-state index is 0.0813. The summed E-state index contributed by atoms with van der Waals surface area (Å²) in [7, 11) is 0. The van der Waals surface area contributed by atoms with Gasteiger partial charge in [0, 0.05) is 18.3 Å². The summed E-state index contributed by atoms with van der Waals surface area (Å²) in [4.78, 5) is 17.1. The monoisotopic (exact) mass is 363 g/mol. The minimum atomic E-state index is -4.90. The zero-order valence-electron chi connectivity index (χ0n) is 14.1. The Morgan fingerprint density at radius 1 is 1.15 bits per heavy atom. The van der Waals surface area contributed by atoms with E-state index in [4.69, 9.17) is 0 Å². The third-order valence-electron chi connectivity index (χ3n) is 4.58. The number of nitrogens with zero attached hydrogens (tertiary/aromatic N) is 2. The number of aromatic nitrogens is 1. The number of hydrogen-bond donors (Lipinski definition) is 1. The van der Waals surface area contributed by atoms with Crippen molar-refractivity contribution in [1.82, 2.24) is 15.2 Å². The summed E-state index contributed by atoms with van der Waals surface area (Å²) in [6.07, 6.45) is -2.49. The van der Waals surface area contributed by atoms with E-state index in [0.717, 1.165) is 10.5 Å². The lowest BCUT2D eigenvalue weighted by Gasteiger charge is -2.38. The Morgan fingerprint density at radius 2 is 1.88 bits per heavy atom. The highest BCUT2D eigenvalue weighted by molar-refractivity contribution is 5.82. The van der Waals surface area contributed by atoms with Crippen LogP contribution in [-0.4, -0.2) is 34.6 Å². The van der Waals surface area contributed by atoms with Gasteiger partial charge in [0.05, 0.1) is 12.2 Å². The van der Waals surface area contributed by atoms with Crippen molar-refractivity contribution in [2.24, 2.45) is 0 Å². The number of nitrogens with one attached hydrogen (secondary N) is 1. The van der Waals surface area contributed by atoms with Gasteiger partial charge in [-0.25, -0.2) is 0 Å². The van der Waals surface area contributed by atoms with Crippen LogP contribution in [0.25, 0.3) is 0 Å². The van der Waals surface area contributed by atoms with Crippen molar-refractivity contribution in [2.75, 3.05) is 6.54 Å². The molecular formula is C19H20F3N3O. The van der Waals surface area contributed by atoms with E-state index < -0.39 is 18.1 Å². The van der Waals surface area contributed by atoms with E-state index in [1.807, 2.05) is 30.3 Å². The lowest BCUT2D eigenvalue weighted by atomic mass is 9.92. The van der Waals surface area contributed by atoms with E-state index in [0.29, 0.717) is 25.1 Å². The summed E-state index contributed by atoms with van der Waals surface area (Å²) in [5.74, 6) is -1.80. The van der Waals surface area contributed by atoms with E-state index in [9.17, 15) is 18.0 Å². The number of halogens is 3. The lowest BCUT2D eigenvalue weighted by molar-refractivity contribution is -0.189. The summed E-state index contributed by atoms with van der Waals surface area (Å²) < 4.78 is 39.4. The first-order valence-corrected chi connectivity index (χ1v) is 8.51. The molecule has 1 aromatic carbocycles. The summed E-state index contributed by atoms with van der Waals surface area (Å²) in [5.41, 5.74) is 1.45. The molecule has 0 spiro atoms. The Hall–Kier alpha value is -2.41. The van der Waals surface area contributed by atoms with Crippen LogP contribution in [0.15, 0.2) is 54.7 Å². The summed E-state index contributed by atoms with van der Waals surface area (Å²) in [6.45, 7) is 0.402. The largest absolute Gasteiger partial charge is 0.471 e. The molecule has 7 heteroatoms. The Kier molecular flexibility index (Phi) is 5.56. The number of rotatable bonds is 4. The van der Waals surface area contributed by atoms with E-state index in [1.54, 1.807) is 18.2 Å². The molecule has 2 aromatic rings. The summed E-state index contributed by atoms with van der Waals surface area (Å²) in [6, 6.07) is 14.0. The number of amides is 1. The maximum Gasteiger partial charge on any atom is 0.471 e. The van der Waals surface area contributed by atoms with Crippen LogP contribution in [-0.2, 0) is 11.3 Å². The normalized spacial score (nSPS) is 20.6. The van der Waals surface area contributed by atoms with Gasteiger partial charge in [0.1, 0.15) is 0 Å². The first-order chi connectivity index (χ1) is 12.4. The van der Waals surface area contributed by atoms with Gasteiger partial charge in [-0.1, -0.05) is 36.4 Å². The molecule has 3 rings (SSSR count). The van der Waals surface area contributed by atoms with Crippen LogP contribution in [0.5, 0.6) is 0 Å². The number of hydrogen-bond acceptors (Lipinski definition) is 3. The SMILES string of the molecule is O=C(N(Cc1ccccn1)[C@@H]1CCN[C@H](c2ccccc2)C1)C(F)(F)F. The Morgan fingerprint density at radius 3 is 2.54 bits per heavy atom. The number of carbonyl (C=O) groups excluding carboxylic acids is 1. The van der Waals surface area contributed by atoms with Crippen molar-refractivity contribution >= 4 is 5.91 Å². The van der Waals surface area contributed by atoms with Crippen LogP contribution < -0.4 is 5.32 Å². The quantitative estimate of drug-likeness (QED) is 0.905. The van der Waals surface area contributed by atoms with Gasteiger partial charge in [-0.3, -0.25) is 9.78 Å². The van der Waals surface area contributed by atoms with Crippen LogP contribution >= 0.6 is 0 Å². The van der Waals surface area contributed by atoms with E-state index in [1.165, 1.54) is 6.20 Å². The highest BCUT2D eigenvalue weighted by Gasteiger charge is 2.45. The van der Waals surface area contributed by atoms with Crippen molar-refractivity contribution in [1.29, 1.82) is 0 Å². The van der Waals surface area contributed by atoms with Gasteiger partial charge < -0.3 is 10.2 Å². The molecule has 2 heterocycles. The molecular weight excluding hydrogens is 343 g/mol. The van der Waals surface area contributed by atoms with Crippen molar-refractivity contribution in [2.45, 2.75) is 37.6 Å². The maximum atomic E-state index is 13.1. The second-order valence-corrected chi connectivity index (χ2v) is 6.35. The fourth-order valence-corrected chi connectivity index (χ4v) is 3.32. The molecule has 1 saturated heterocycles. The first kappa shape index (κ1) is 18.4. The molecule has 0 aliphatic carbocycles. The maximum absolute atomic E-state index is 13.1. The Bertz CT molecular complexity index is 722. The van der Waals surface area contributed by atoms with Gasteiger partial charge in [-0.15, -0.1) is 0 Å². The van der Waals surface area contributed by atoms with Crippen molar-refractivity contribution < 1.29 is 18.0 Å². The average Bonchev–Trinajstić information content (AvgIpc) is 2.66. The third kappa shape index (κ3) is 4.40. The van der Waals surface area contributed by atoms with E-state index >= 15 is 0 Å². The van der Waals surface area contributed by atoms with Crippen LogP contribution in [0, 0.1) is 0 Å². The predicted octanol–water partition coefficient (Wildman–Crippen LogP) is 3.47. The standard InChI is InChI=1S/C19H20F3N3O/c20-19(21,22)18(26)25(13-15-8-4-5-10-23-15)16-9-11-24-17(12-16)14-6-2-1-3-7-14/h1-8,10,16-17,24H,9,11-13H2/t16-,17+/m1/s1. The molecule has 2 atom stereocenters. The van der Waals surface area contributed by atoms with Crippen LogP contribution in [0.1, 0.15) is 30.1 Å². The van der Waals surface area contributed by atoms with Gasteiger partial charge in [0.25, 0.3) is 0 Å². The van der Waals surface area contributed by atoms with Gasteiger partial charge in [0.15, 0.2) is 0 Å². The molecule has 26 heavy (non-hydrogen) atoms. The zero-order valence-corrected chi connectivity index (χ0v) is 14.1. The lowest BCUT2D eigenvalue weighted by Crippen LogP contribution is -2.50. The fraction of sp³-hybridized carbons (Fsp3) is 0.368. The molecule has 1 N–H and O–H groups in total. The molecule has 0 saturated carbocycles. The second-order valence-electron chi connectivity index (χ2n) is 6.35. The summed E-state index contributed by atoms with van der Waals surface area (Å²) >= 11 is 0. The molecule has 1 fully saturated rings. The number of alkyl halides is 3. The fourth-order valence-electron chi connectivity index (χ4n) is 3.32. The third-order valence-corrected chi connectivity index (χ3v) is 4.58. The van der Waals surface area contributed by atoms with Crippen LogP contribution in [0.4, 0.5) is 13.2 Å². The van der Waals surface area contributed by atoms with Crippen molar-refractivity contribution in [3.63, 3.8) is 0 Å². The number of benzene rings is 1. The van der Waals surface area contributed by atoms with Gasteiger partial charge in [0.2, 0.25) is 0 Å². The smallest absolute Gasteiger partial charge is 0.326 e. The van der Waals surface area contributed by atoms with Crippen LogP contribution in [0.2, 0.25) is 0 Å². The van der Waals surface area contributed by atoms with Gasteiger partial charge >= 0.3 is 12.1 Å². The molecule has 1 aliphatic rings. The number of carbonyl (C=O) groups is 1. The molecule has 1 aromatic heterocycles.